The van der Waals surface area contributed by atoms with Crippen molar-refractivity contribution in [3.8, 4) is 6.07 Å². The van der Waals surface area contributed by atoms with Gasteiger partial charge in [-0.1, -0.05) is 18.2 Å². The molecular formula is C23H16F6N2O3. The van der Waals surface area contributed by atoms with E-state index in [1.807, 2.05) is 0 Å². The number of aliphatic hydroxyl groups is 1. The molecule has 0 saturated heterocycles. The summed E-state index contributed by atoms with van der Waals surface area (Å²) in [5.41, 5.74) is -3.55. The van der Waals surface area contributed by atoms with Gasteiger partial charge in [0, 0.05) is 29.2 Å². The maximum atomic E-state index is 13.2. The van der Waals surface area contributed by atoms with Crippen LogP contribution in [0.1, 0.15) is 29.2 Å². The van der Waals surface area contributed by atoms with Gasteiger partial charge >= 0.3 is 18.3 Å². The summed E-state index contributed by atoms with van der Waals surface area (Å²) in [6.45, 7) is 1.03. The zero-order valence-electron chi connectivity index (χ0n) is 17.5. The number of hydrogen-bond donors (Lipinski definition) is 1. The van der Waals surface area contributed by atoms with Crippen LogP contribution in [0.5, 0.6) is 0 Å². The van der Waals surface area contributed by atoms with Gasteiger partial charge in [0.25, 0.3) is 0 Å². The lowest BCUT2D eigenvalue weighted by Gasteiger charge is -2.15. The first-order valence-electron chi connectivity index (χ1n) is 9.73. The summed E-state index contributed by atoms with van der Waals surface area (Å²) in [6.07, 6.45) is -8.76. The number of carbonyl (C=O) groups excluding carboxylic acids is 1. The van der Waals surface area contributed by atoms with E-state index in [2.05, 4.69) is 0 Å². The minimum Gasteiger partial charge on any atom is -0.506 e. The summed E-state index contributed by atoms with van der Waals surface area (Å²) in [4.78, 5) is 12.0. The van der Waals surface area contributed by atoms with Crippen molar-refractivity contribution in [2.75, 3.05) is 6.61 Å². The van der Waals surface area contributed by atoms with Gasteiger partial charge in [0.1, 0.15) is 11.8 Å². The van der Waals surface area contributed by atoms with Crippen molar-refractivity contribution in [1.29, 1.82) is 5.26 Å². The number of esters is 1. The lowest BCUT2D eigenvalue weighted by atomic mass is 10.0. The molecule has 11 heteroatoms. The zero-order chi connectivity index (χ0) is 25.3. The molecular weight excluding hydrogens is 466 g/mol. The molecule has 1 N–H and O–H groups in total. The second kappa shape index (κ2) is 9.13. The molecule has 3 rings (SSSR count). The van der Waals surface area contributed by atoms with E-state index in [1.165, 1.54) is 29.8 Å². The fourth-order valence-corrected chi connectivity index (χ4v) is 3.41. The van der Waals surface area contributed by atoms with Crippen LogP contribution in [-0.4, -0.2) is 22.2 Å². The van der Waals surface area contributed by atoms with Crippen LogP contribution in [0.3, 0.4) is 0 Å². The van der Waals surface area contributed by atoms with E-state index < -0.39 is 47.3 Å². The van der Waals surface area contributed by atoms with Crippen molar-refractivity contribution in [3.05, 3.63) is 76.5 Å². The van der Waals surface area contributed by atoms with E-state index in [1.54, 1.807) is 18.2 Å². The van der Waals surface area contributed by atoms with Gasteiger partial charge in [-0.2, -0.15) is 31.6 Å². The second-order valence-electron chi connectivity index (χ2n) is 7.16. The summed E-state index contributed by atoms with van der Waals surface area (Å²) in [5, 5.41) is 20.2. The summed E-state index contributed by atoms with van der Waals surface area (Å²) >= 11 is 0. The van der Waals surface area contributed by atoms with E-state index in [-0.39, 0.29) is 23.8 Å². The number of benzene rings is 2. The van der Waals surface area contributed by atoms with Gasteiger partial charge < -0.3 is 14.4 Å². The number of aliphatic hydroxyl groups excluding tert-OH is 1. The third-order valence-corrected chi connectivity index (χ3v) is 4.87. The molecule has 2 aromatic carbocycles. The average molecular weight is 482 g/mol. The van der Waals surface area contributed by atoms with E-state index in [4.69, 9.17) is 4.74 Å². The molecule has 3 aromatic rings. The molecule has 0 unspecified atom stereocenters. The molecule has 0 atom stereocenters. The highest BCUT2D eigenvalue weighted by Gasteiger charge is 2.37. The van der Waals surface area contributed by atoms with E-state index in [0.29, 0.717) is 23.0 Å². The molecule has 1 heterocycles. The van der Waals surface area contributed by atoms with Crippen molar-refractivity contribution >= 4 is 22.6 Å². The van der Waals surface area contributed by atoms with Crippen molar-refractivity contribution in [1.82, 2.24) is 4.57 Å². The molecule has 0 aliphatic carbocycles. The van der Waals surface area contributed by atoms with Gasteiger partial charge in [-0.25, -0.2) is 4.79 Å². The van der Waals surface area contributed by atoms with Crippen molar-refractivity contribution in [2.45, 2.75) is 25.8 Å². The van der Waals surface area contributed by atoms with Gasteiger partial charge in [-0.3, -0.25) is 0 Å². The lowest BCUT2D eigenvalue weighted by Crippen LogP contribution is -2.12. The van der Waals surface area contributed by atoms with E-state index >= 15 is 0 Å². The van der Waals surface area contributed by atoms with Gasteiger partial charge in [0.05, 0.1) is 17.7 Å². The number of hydrogen-bond acceptors (Lipinski definition) is 4. The van der Waals surface area contributed by atoms with Crippen LogP contribution >= 0.6 is 0 Å². The maximum Gasteiger partial charge on any atom is 0.416 e. The van der Waals surface area contributed by atoms with Gasteiger partial charge in [-0.05, 0) is 36.8 Å². The smallest absolute Gasteiger partial charge is 0.416 e. The zero-order valence-corrected chi connectivity index (χ0v) is 17.5. The Labute approximate surface area is 189 Å². The van der Waals surface area contributed by atoms with Crippen LogP contribution in [0, 0.1) is 11.3 Å². The Kier molecular flexibility index (Phi) is 6.63. The summed E-state index contributed by atoms with van der Waals surface area (Å²) in [7, 11) is 0. The van der Waals surface area contributed by atoms with Gasteiger partial charge in [-0.15, -0.1) is 0 Å². The first-order valence-corrected chi connectivity index (χ1v) is 9.73. The summed E-state index contributed by atoms with van der Waals surface area (Å²) < 4.78 is 85.4. The third kappa shape index (κ3) is 5.01. The lowest BCUT2D eigenvalue weighted by molar-refractivity contribution is -0.143. The minimum atomic E-state index is -5.00. The molecule has 5 nitrogen and oxygen atoms in total. The van der Waals surface area contributed by atoms with E-state index in [0.717, 1.165) is 0 Å². The van der Waals surface area contributed by atoms with Crippen LogP contribution in [0.4, 0.5) is 26.3 Å². The van der Waals surface area contributed by atoms with Crippen molar-refractivity contribution in [2.24, 2.45) is 0 Å². The highest BCUT2D eigenvalue weighted by Crippen LogP contribution is 2.37. The van der Waals surface area contributed by atoms with Gasteiger partial charge in [0.2, 0.25) is 0 Å². The van der Waals surface area contributed by atoms with E-state index in [9.17, 15) is 41.5 Å². The topological polar surface area (TPSA) is 75.2 Å². The molecule has 0 fully saturated rings. The average Bonchev–Trinajstić information content (AvgIpc) is 3.11. The Morgan fingerprint density at radius 1 is 1.06 bits per heavy atom. The van der Waals surface area contributed by atoms with Crippen LogP contribution in [-0.2, 0) is 28.4 Å². The monoisotopic (exact) mass is 482 g/mol. The number of nitriles is 1. The quantitative estimate of drug-likeness (QED) is 0.157. The van der Waals surface area contributed by atoms with Crippen LogP contribution in [0.15, 0.2) is 54.2 Å². The molecule has 178 valence electrons. The molecule has 0 bridgehead atoms. The molecule has 34 heavy (non-hydrogen) atoms. The predicted molar refractivity (Wildman–Crippen MR) is 109 cm³/mol. The molecule has 0 amide bonds. The number of carbonyl (C=O) groups is 1. The number of nitrogens with zero attached hydrogens (tertiary/aromatic N) is 2. The number of halogens is 6. The predicted octanol–water partition coefficient (Wildman–Crippen LogP) is 6.08. The first kappa shape index (κ1) is 24.7. The number of alkyl halides is 6. The minimum absolute atomic E-state index is 0.0109. The van der Waals surface area contributed by atoms with Gasteiger partial charge in [0.15, 0.2) is 5.57 Å². The fourth-order valence-electron chi connectivity index (χ4n) is 3.41. The molecule has 0 aliphatic rings. The second-order valence-corrected chi connectivity index (χ2v) is 7.16. The third-order valence-electron chi connectivity index (χ3n) is 4.87. The van der Waals surface area contributed by atoms with Crippen molar-refractivity contribution in [3.63, 3.8) is 0 Å². The first-order chi connectivity index (χ1) is 15.9. The molecule has 0 radical (unpaired) electrons. The van der Waals surface area contributed by atoms with Crippen LogP contribution < -0.4 is 0 Å². The normalized spacial score (nSPS) is 12.9. The summed E-state index contributed by atoms with van der Waals surface area (Å²) in [5.74, 6) is -1.80. The van der Waals surface area contributed by atoms with Crippen molar-refractivity contribution < 1.29 is 41.0 Å². The number of fused-ring (bicyclic) bond motifs is 1. The number of ether oxygens (including phenoxy) is 1. The Balaban J connectivity index is 2.17. The number of rotatable bonds is 5. The number of aromatic nitrogens is 1. The summed E-state index contributed by atoms with van der Waals surface area (Å²) in [6, 6.07) is 9.01. The largest absolute Gasteiger partial charge is 0.506 e. The van der Waals surface area contributed by atoms with Crippen LogP contribution in [0.25, 0.3) is 16.7 Å². The molecule has 1 aromatic heterocycles. The Bertz CT molecular complexity index is 1280. The maximum absolute atomic E-state index is 13.2. The standard InChI is InChI=1S/C23H16F6N2O3/c1-2-34-21(33)17(10-30)20(32)18-12-31(19-6-4-3-5-16(18)19)11-13-7-14(22(24,25)26)9-15(8-13)23(27,28)29/h3-9,12,32H,2,11H2,1H3/b20-17-. The SMILES string of the molecule is CCOC(=O)/C(C#N)=C(\O)c1cn(Cc2cc(C(F)(F)F)cc(C(F)(F)F)c2)c2ccccc12. The highest BCUT2D eigenvalue weighted by molar-refractivity contribution is 6.03. The molecule has 0 aliphatic heterocycles. The Morgan fingerprint density at radius 2 is 1.65 bits per heavy atom. The molecule has 0 spiro atoms. The van der Waals surface area contributed by atoms with Crippen LogP contribution in [0.2, 0.25) is 0 Å². The Hall–Kier alpha value is -3.94. The Morgan fingerprint density at radius 3 is 2.18 bits per heavy atom. The fraction of sp³-hybridized carbons (Fsp3) is 0.217. The highest BCUT2D eigenvalue weighted by atomic mass is 19.4. The number of para-hydroxylation sites is 1. The molecule has 0 saturated carbocycles.